The summed E-state index contributed by atoms with van der Waals surface area (Å²) in [7, 11) is 0. The van der Waals surface area contributed by atoms with E-state index in [9.17, 15) is 39.9 Å². The fraction of sp³-hybridized carbons (Fsp3) is 0.588. The van der Waals surface area contributed by atoms with Crippen LogP contribution in [0.25, 0.3) is 32.7 Å². The zero-order valence-corrected chi connectivity index (χ0v) is 26.6. The van der Waals surface area contributed by atoms with Gasteiger partial charge in [0.2, 0.25) is 5.88 Å². The Hall–Kier alpha value is -3.58. The first-order chi connectivity index (χ1) is 22.4. The lowest BCUT2D eigenvalue weighted by Crippen LogP contribution is -2.37. The Morgan fingerprint density at radius 3 is 1.80 bits per heavy atom. The monoisotopic (exact) mass is 640 g/mol. The molecule has 0 atom stereocenters. The van der Waals surface area contributed by atoms with Crippen molar-refractivity contribution in [2.24, 2.45) is 4.99 Å². The first-order valence-corrected chi connectivity index (χ1v) is 16.7. The molecule has 0 saturated carbocycles. The summed E-state index contributed by atoms with van der Waals surface area (Å²) in [4.78, 5) is 47.0. The highest BCUT2D eigenvalue weighted by Gasteiger charge is 2.29. The van der Waals surface area contributed by atoms with Crippen LogP contribution in [-0.2, 0) is 13.1 Å². The second-order valence-electron chi connectivity index (χ2n) is 11.9. The van der Waals surface area contributed by atoms with E-state index >= 15 is 0 Å². The smallest absolute Gasteiger partial charge is 0.263 e. The van der Waals surface area contributed by atoms with Gasteiger partial charge in [0, 0.05) is 74.6 Å². The van der Waals surface area contributed by atoms with Crippen LogP contribution >= 0.6 is 0 Å². The molecule has 1 aromatic carbocycles. The number of anilines is 1. The van der Waals surface area contributed by atoms with Gasteiger partial charge in [-0.25, -0.2) is 0 Å². The number of hydrogen-bond acceptors (Lipinski definition) is 10. The standard InChI is InChI=1S/C34H48N4O8/c39-17-9-1-5-13-35-25-21-23-28-27-24(32(44)37(33(45)29(25)27)15-7-3-11-19-41)22-26(36-14-6-2-10-18-40)30(28)34(46)38(31(23)43)16-8-4-12-20-42/h21-22,35,39-43H,1-20H2. The first-order valence-electron chi connectivity index (χ1n) is 16.7. The van der Waals surface area contributed by atoms with Crippen molar-refractivity contribution in [3.8, 4) is 17.0 Å². The zero-order valence-electron chi connectivity index (χ0n) is 26.6. The van der Waals surface area contributed by atoms with E-state index in [0.717, 1.165) is 19.3 Å². The average Bonchev–Trinajstić information content (AvgIpc) is 3.05. The molecular formula is C34H48N4O8. The molecular weight excluding hydrogens is 592 g/mol. The van der Waals surface area contributed by atoms with E-state index in [1.54, 1.807) is 12.1 Å². The number of unbranched alkanes of at least 4 members (excludes halogenated alkanes) is 8. The maximum Gasteiger partial charge on any atom is 0.263 e. The van der Waals surface area contributed by atoms with Crippen LogP contribution in [0.2, 0.25) is 0 Å². The van der Waals surface area contributed by atoms with E-state index in [1.807, 2.05) is 0 Å². The van der Waals surface area contributed by atoms with Gasteiger partial charge in [-0.05, 0) is 89.2 Å². The molecule has 4 rings (SSSR count). The maximum atomic E-state index is 14.1. The van der Waals surface area contributed by atoms with Crippen LogP contribution in [0.3, 0.4) is 0 Å². The fourth-order valence-electron chi connectivity index (χ4n) is 6.18. The maximum absolute atomic E-state index is 14.1. The van der Waals surface area contributed by atoms with Crippen molar-refractivity contribution in [1.82, 2.24) is 9.13 Å². The molecule has 1 aromatic heterocycles. The normalized spacial score (nSPS) is 12.4. The summed E-state index contributed by atoms with van der Waals surface area (Å²) in [6.45, 7) is 1.46. The van der Waals surface area contributed by atoms with E-state index in [-0.39, 0.29) is 61.7 Å². The second kappa shape index (κ2) is 17.4. The number of benzene rings is 2. The summed E-state index contributed by atoms with van der Waals surface area (Å²) in [5, 5.41) is 53.2. The number of nitrogens with one attached hydrogen (secondary N) is 1. The van der Waals surface area contributed by atoms with E-state index in [4.69, 9.17) is 4.99 Å². The van der Waals surface area contributed by atoms with Crippen molar-refractivity contribution < 1.29 is 25.5 Å². The summed E-state index contributed by atoms with van der Waals surface area (Å²) < 4.78 is 2.53. The van der Waals surface area contributed by atoms with Gasteiger partial charge in [0.1, 0.15) is 0 Å². The van der Waals surface area contributed by atoms with Crippen molar-refractivity contribution in [1.29, 1.82) is 0 Å². The van der Waals surface area contributed by atoms with Gasteiger partial charge in [0.15, 0.2) is 0 Å². The molecule has 0 amide bonds. The molecule has 1 aliphatic carbocycles. The second-order valence-corrected chi connectivity index (χ2v) is 11.9. The van der Waals surface area contributed by atoms with Crippen molar-refractivity contribution in [3.63, 3.8) is 0 Å². The van der Waals surface area contributed by atoms with Crippen molar-refractivity contribution in [2.75, 3.05) is 44.8 Å². The summed E-state index contributed by atoms with van der Waals surface area (Å²) in [5.41, 5.74) is -0.418. The van der Waals surface area contributed by atoms with Gasteiger partial charge in [-0.15, -0.1) is 0 Å². The molecule has 12 nitrogen and oxygen atoms in total. The van der Waals surface area contributed by atoms with Crippen molar-refractivity contribution >= 4 is 27.2 Å². The molecule has 0 radical (unpaired) electrons. The summed E-state index contributed by atoms with van der Waals surface area (Å²) >= 11 is 0. The molecule has 12 heteroatoms. The van der Waals surface area contributed by atoms with Crippen LogP contribution in [0.15, 0.2) is 31.5 Å². The molecule has 0 fully saturated rings. The predicted molar refractivity (Wildman–Crippen MR) is 180 cm³/mol. The fourth-order valence-corrected chi connectivity index (χ4v) is 6.18. The zero-order chi connectivity index (χ0) is 33.1. The molecule has 252 valence electrons. The van der Waals surface area contributed by atoms with Crippen LogP contribution in [0.1, 0.15) is 77.0 Å². The highest BCUT2D eigenvalue weighted by molar-refractivity contribution is 6.18. The molecule has 1 aliphatic heterocycles. The molecule has 2 heterocycles. The van der Waals surface area contributed by atoms with Crippen LogP contribution in [0, 0.1) is 0 Å². The van der Waals surface area contributed by atoms with E-state index in [2.05, 4.69) is 5.32 Å². The minimum Gasteiger partial charge on any atom is -0.494 e. The summed E-state index contributed by atoms with van der Waals surface area (Å²) in [6, 6.07) is 3.28. The van der Waals surface area contributed by atoms with Crippen LogP contribution in [0.5, 0.6) is 5.88 Å². The van der Waals surface area contributed by atoms with Crippen LogP contribution < -0.4 is 27.4 Å². The van der Waals surface area contributed by atoms with Gasteiger partial charge in [0.05, 0.1) is 21.7 Å². The summed E-state index contributed by atoms with van der Waals surface area (Å²) in [6.07, 6.45) is 7.70. The largest absolute Gasteiger partial charge is 0.494 e. The SMILES string of the molecule is O=c1c2c(=NCCCCCO)cc3c(=O)n(CCCCCO)c(=O)c4c(NCCCCCO)cc(c(O)n1CCCCCO)c2c4-3. The third-order valence-electron chi connectivity index (χ3n) is 8.60. The first kappa shape index (κ1) is 35.3. The van der Waals surface area contributed by atoms with Gasteiger partial charge < -0.3 is 30.8 Å². The van der Waals surface area contributed by atoms with Crippen molar-refractivity contribution in [3.05, 3.63) is 48.6 Å². The number of hydrogen-bond donors (Lipinski definition) is 6. The molecule has 0 spiro atoms. The quantitative estimate of drug-likeness (QED) is 0.0587. The van der Waals surface area contributed by atoms with Crippen LogP contribution in [-0.4, -0.2) is 74.2 Å². The summed E-state index contributed by atoms with van der Waals surface area (Å²) in [5.74, 6) is -0.256. The van der Waals surface area contributed by atoms with Gasteiger partial charge in [-0.2, -0.15) is 0 Å². The van der Waals surface area contributed by atoms with E-state index in [0.29, 0.717) is 98.3 Å². The van der Waals surface area contributed by atoms with Gasteiger partial charge in [-0.3, -0.25) is 28.5 Å². The third-order valence-corrected chi connectivity index (χ3v) is 8.60. The Balaban J connectivity index is 2.04. The van der Waals surface area contributed by atoms with Gasteiger partial charge in [-0.1, -0.05) is 0 Å². The average molecular weight is 641 g/mol. The highest BCUT2D eigenvalue weighted by Crippen LogP contribution is 2.40. The van der Waals surface area contributed by atoms with Crippen molar-refractivity contribution in [2.45, 2.75) is 90.1 Å². The molecule has 46 heavy (non-hydrogen) atoms. The number of nitrogens with zero attached hydrogens (tertiary/aromatic N) is 3. The number of rotatable bonds is 21. The lowest BCUT2D eigenvalue weighted by Gasteiger charge is -2.22. The molecule has 6 N–H and O–H groups in total. The van der Waals surface area contributed by atoms with Gasteiger partial charge >= 0.3 is 0 Å². The number of aliphatic hydroxyl groups is 4. The predicted octanol–water partition coefficient (Wildman–Crippen LogP) is 2.33. The number of pyridine rings is 2. The highest BCUT2D eigenvalue weighted by atomic mass is 16.3. The Bertz CT molecular complexity index is 1770. The minimum atomic E-state index is -0.491. The molecule has 2 aromatic rings. The molecule has 0 unspecified atom stereocenters. The van der Waals surface area contributed by atoms with E-state index < -0.39 is 16.7 Å². The number of aromatic nitrogens is 2. The number of aliphatic hydroxyl groups excluding tert-OH is 4. The van der Waals surface area contributed by atoms with Gasteiger partial charge in [0.25, 0.3) is 16.7 Å². The van der Waals surface area contributed by atoms with Crippen LogP contribution in [0.4, 0.5) is 5.69 Å². The Morgan fingerprint density at radius 2 is 1.17 bits per heavy atom. The lowest BCUT2D eigenvalue weighted by molar-refractivity contribution is 0.281. The molecule has 2 aliphatic rings. The molecule has 0 saturated heterocycles. The Morgan fingerprint density at radius 1 is 0.609 bits per heavy atom. The lowest BCUT2D eigenvalue weighted by atomic mass is 9.89. The molecule has 0 bridgehead atoms. The van der Waals surface area contributed by atoms with E-state index in [1.165, 1.54) is 9.13 Å². The minimum absolute atomic E-state index is 0.0234. The topological polar surface area (TPSA) is 187 Å². The third kappa shape index (κ3) is 7.68. The Labute approximate surface area is 267 Å². The number of aromatic hydroxyl groups is 1. The Kier molecular flexibility index (Phi) is 13.3.